The molecular weight excluding hydrogens is 409 g/mol. The Labute approximate surface area is 147 Å². The number of rotatable bonds is 1. The van der Waals surface area contributed by atoms with E-state index in [-0.39, 0.29) is 30.7 Å². The Balaban J connectivity index is 2.85. The highest BCUT2D eigenvalue weighted by Crippen LogP contribution is 2.49. The van der Waals surface area contributed by atoms with Gasteiger partial charge in [-0.2, -0.15) is 13.2 Å². The molecule has 0 saturated heterocycles. The first-order valence-electron chi connectivity index (χ1n) is 5.44. The molecule has 2 rings (SSSR count). The first-order chi connectivity index (χ1) is 10.1. The number of halogens is 9. The van der Waals surface area contributed by atoms with E-state index in [0.717, 1.165) is 12.1 Å². The average Bonchev–Trinajstić information content (AvgIpc) is 2.43. The highest BCUT2D eigenvalue weighted by molar-refractivity contribution is 6.56. The highest BCUT2D eigenvalue weighted by Gasteiger charge is 2.35. The molecule has 0 radical (unpaired) electrons. The van der Waals surface area contributed by atoms with Crippen molar-refractivity contribution in [1.82, 2.24) is 0 Å². The molecule has 0 spiro atoms. The first kappa shape index (κ1) is 18.0. The standard InChI is InChI=1S/C13H3Cl5F4/c14-7-6(8(15)10(17)11(18)9(7)16)4-2-1-3-5(12(4)19)13(20,21)22/h1-3H. The van der Waals surface area contributed by atoms with Gasteiger partial charge in [-0.3, -0.25) is 0 Å². The van der Waals surface area contributed by atoms with E-state index in [4.69, 9.17) is 58.0 Å². The predicted octanol–water partition coefficient (Wildman–Crippen LogP) is 7.78. The molecule has 2 aromatic carbocycles. The second-order valence-electron chi connectivity index (χ2n) is 4.11. The zero-order chi connectivity index (χ0) is 16.8. The number of alkyl halides is 3. The van der Waals surface area contributed by atoms with Gasteiger partial charge in [0, 0.05) is 11.1 Å². The fourth-order valence-corrected chi connectivity index (χ4v) is 3.13. The SMILES string of the molecule is Fc1c(-c2c(Cl)c(Cl)c(Cl)c(Cl)c2Cl)cccc1C(F)(F)F. The predicted molar refractivity (Wildman–Crippen MR) is 81.9 cm³/mol. The number of hydrogen-bond donors (Lipinski definition) is 0. The van der Waals surface area contributed by atoms with Crippen molar-refractivity contribution in [3.05, 3.63) is 54.7 Å². The van der Waals surface area contributed by atoms with Crippen LogP contribution >= 0.6 is 58.0 Å². The van der Waals surface area contributed by atoms with Gasteiger partial charge in [0.2, 0.25) is 0 Å². The van der Waals surface area contributed by atoms with Crippen LogP contribution in [0.5, 0.6) is 0 Å². The van der Waals surface area contributed by atoms with E-state index in [1.807, 2.05) is 0 Å². The van der Waals surface area contributed by atoms with Gasteiger partial charge >= 0.3 is 6.18 Å². The minimum atomic E-state index is -4.88. The van der Waals surface area contributed by atoms with Crippen LogP contribution in [0.3, 0.4) is 0 Å². The van der Waals surface area contributed by atoms with Crippen molar-refractivity contribution in [3.63, 3.8) is 0 Å². The van der Waals surface area contributed by atoms with Crippen LogP contribution in [0.1, 0.15) is 5.56 Å². The molecule has 0 bridgehead atoms. The van der Waals surface area contributed by atoms with E-state index in [9.17, 15) is 17.6 Å². The molecule has 0 fully saturated rings. The third kappa shape index (κ3) is 3.00. The fourth-order valence-electron chi connectivity index (χ4n) is 1.79. The summed E-state index contributed by atoms with van der Waals surface area (Å²) in [5.41, 5.74) is -2.20. The molecule has 0 unspecified atom stereocenters. The van der Waals surface area contributed by atoms with Crippen molar-refractivity contribution in [1.29, 1.82) is 0 Å². The summed E-state index contributed by atoms with van der Waals surface area (Å²) in [4.78, 5) is 0. The summed E-state index contributed by atoms with van der Waals surface area (Å²) in [6.45, 7) is 0. The summed E-state index contributed by atoms with van der Waals surface area (Å²) in [6, 6.07) is 2.70. The molecule has 0 nitrogen and oxygen atoms in total. The van der Waals surface area contributed by atoms with Gasteiger partial charge in [-0.1, -0.05) is 70.1 Å². The molecule has 0 amide bonds. The lowest BCUT2D eigenvalue weighted by Crippen LogP contribution is -2.09. The highest BCUT2D eigenvalue weighted by atomic mass is 35.5. The maximum Gasteiger partial charge on any atom is 0.419 e. The summed E-state index contributed by atoms with van der Waals surface area (Å²) >= 11 is 29.3. The van der Waals surface area contributed by atoms with Gasteiger partial charge < -0.3 is 0 Å². The molecule has 0 aliphatic rings. The van der Waals surface area contributed by atoms with Gasteiger partial charge in [0.25, 0.3) is 0 Å². The summed E-state index contributed by atoms with van der Waals surface area (Å²) in [7, 11) is 0. The average molecular weight is 412 g/mol. The van der Waals surface area contributed by atoms with Crippen molar-refractivity contribution in [3.8, 4) is 11.1 Å². The maximum atomic E-state index is 14.2. The lowest BCUT2D eigenvalue weighted by Gasteiger charge is -2.15. The summed E-state index contributed by atoms with van der Waals surface area (Å²) in [5.74, 6) is -1.53. The van der Waals surface area contributed by atoms with E-state index in [1.165, 1.54) is 0 Å². The Kier molecular flexibility index (Phi) is 5.10. The van der Waals surface area contributed by atoms with Gasteiger partial charge in [0.1, 0.15) is 5.82 Å². The van der Waals surface area contributed by atoms with E-state index < -0.39 is 23.1 Å². The third-order valence-corrected chi connectivity index (χ3v) is 5.06. The molecular formula is C13H3Cl5F4. The van der Waals surface area contributed by atoms with Crippen molar-refractivity contribution in [2.24, 2.45) is 0 Å². The van der Waals surface area contributed by atoms with E-state index in [2.05, 4.69) is 0 Å². The smallest absolute Gasteiger partial charge is 0.206 e. The van der Waals surface area contributed by atoms with Crippen LogP contribution in [-0.4, -0.2) is 0 Å². The molecule has 0 aliphatic carbocycles. The largest absolute Gasteiger partial charge is 0.419 e. The van der Waals surface area contributed by atoms with Crippen molar-refractivity contribution >= 4 is 58.0 Å². The van der Waals surface area contributed by atoms with Gasteiger partial charge in [0.15, 0.2) is 0 Å². The summed E-state index contributed by atoms with van der Waals surface area (Å²) in [6.07, 6.45) is -4.88. The third-order valence-electron chi connectivity index (χ3n) is 2.78. The van der Waals surface area contributed by atoms with Crippen LogP contribution in [0.2, 0.25) is 25.1 Å². The minimum absolute atomic E-state index is 0.172. The minimum Gasteiger partial charge on any atom is -0.206 e. The Morgan fingerprint density at radius 2 is 1.18 bits per heavy atom. The summed E-state index contributed by atoms with van der Waals surface area (Å²) in [5, 5.41) is -1.22. The quantitative estimate of drug-likeness (QED) is 0.255. The molecule has 0 aliphatic heterocycles. The normalized spacial score (nSPS) is 11.9. The summed E-state index contributed by atoms with van der Waals surface area (Å²) < 4.78 is 52.6. The van der Waals surface area contributed by atoms with Gasteiger partial charge in [-0.25, -0.2) is 4.39 Å². The van der Waals surface area contributed by atoms with Crippen LogP contribution in [0.4, 0.5) is 17.6 Å². The first-order valence-corrected chi connectivity index (χ1v) is 7.33. The van der Waals surface area contributed by atoms with Crippen molar-refractivity contribution in [2.75, 3.05) is 0 Å². The maximum absolute atomic E-state index is 14.2. The lowest BCUT2D eigenvalue weighted by atomic mass is 10.0. The van der Waals surface area contributed by atoms with Crippen LogP contribution in [-0.2, 0) is 6.18 Å². The molecule has 0 saturated carbocycles. The number of benzene rings is 2. The Morgan fingerprint density at radius 3 is 1.64 bits per heavy atom. The van der Waals surface area contributed by atoms with Gasteiger partial charge in [0.05, 0.1) is 30.7 Å². The molecule has 22 heavy (non-hydrogen) atoms. The monoisotopic (exact) mass is 410 g/mol. The van der Waals surface area contributed by atoms with Crippen molar-refractivity contribution in [2.45, 2.75) is 6.18 Å². The van der Waals surface area contributed by atoms with E-state index in [1.54, 1.807) is 0 Å². The van der Waals surface area contributed by atoms with Crippen molar-refractivity contribution < 1.29 is 17.6 Å². The molecule has 118 valence electrons. The lowest BCUT2D eigenvalue weighted by molar-refractivity contribution is -0.139. The molecule has 0 heterocycles. The van der Waals surface area contributed by atoms with Gasteiger partial charge in [-0.05, 0) is 6.07 Å². The Morgan fingerprint density at radius 1 is 0.727 bits per heavy atom. The second-order valence-corrected chi connectivity index (χ2v) is 6.00. The Bertz CT molecular complexity index is 726. The topological polar surface area (TPSA) is 0 Å². The van der Waals surface area contributed by atoms with Crippen LogP contribution < -0.4 is 0 Å². The molecule has 0 atom stereocenters. The molecule has 9 heteroatoms. The molecule has 2 aromatic rings. The van der Waals surface area contributed by atoms with Crippen LogP contribution in [0, 0.1) is 5.82 Å². The second kappa shape index (κ2) is 6.25. The fraction of sp³-hybridized carbons (Fsp3) is 0.0769. The molecule has 0 aromatic heterocycles. The van der Waals surface area contributed by atoms with E-state index >= 15 is 0 Å². The Hall–Kier alpha value is -0.390. The number of hydrogen-bond acceptors (Lipinski definition) is 0. The van der Waals surface area contributed by atoms with E-state index in [0.29, 0.717) is 6.07 Å². The molecule has 0 N–H and O–H groups in total. The zero-order valence-electron chi connectivity index (χ0n) is 10.1. The van der Waals surface area contributed by atoms with Crippen LogP contribution in [0.15, 0.2) is 18.2 Å². The zero-order valence-corrected chi connectivity index (χ0v) is 13.9. The van der Waals surface area contributed by atoms with Gasteiger partial charge in [-0.15, -0.1) is 0 Å². The van der Waals surface area contributed by atoms with Crippen LogP contribution in [0.25, 0.3) is 11.1 Å².